The molecule has 0 fully saturated rings. The third kappa shape index (κ3) is 3.81. The van der Waals surface area contributed by atoms with Crippen LogP contribution >= 0.6 is 0 Å². The summed E-state index contributed by atoms with van der Waals surface area (Å²) < 4.78 is 18.2. The van der Waals surface area contributed by atoms with Gasteiger partial charge in [0.25, 0.3) is 5.91 Å². The molecule has 8 heteroatoms. The second-order valence-corrected chi connectivity index (χ2v) is 8.16. The van der Waals surface area contributed by atoms with Crippen LogP contribution in [0.25, 0.3) is 16.6 Å². The number of aromatic nitrogens is 3. The molecule has 0 saturated carbocycles. The Morgan fingerprint density at radius 1 is 1.00 bits per heavy atom. The summed E-state index contributed by atoms with van der Waals surface area (Å²) in [6.45, 7) is 0. The van der Waals surface area contributed by atoms with Gasteiger partial charge in [0.05, 0.1) is 38.9 Å². The predicted molar refractivity (Wildman–Crippen MR) is 130 cm³/mol. The van der Waals surface area contributed by atoms with Gasteiger partial charge in [-0.2, -0.15) is 0 Å². The summed E-state index contributed by atoms with van der Waals surface area (Å²) in [5.74, 6) is 1.15. The number of hydrogen-bond donors (Lipinski definition) is 1. The van der Waals surface area contributed by atoms with Crippen molar-refractivity contribution >= 4 is 22.5 Å². The number of hydrogen-bond acceptors (Lipinski definition) is 6. The van der Waals surface area contributed by atoms with Crippen LogP contribution in [0, 0.1) is 0 Å². The fourth-order valence-electron chi connectivity index (χ4n) is 4.58. The molecule has 2 aromatic heterocycles. The SMILES string of the molecule is COc1cc(NC(=O)c2ccc3c(-n4ccnc4)c4c(nc3c2)CCCC4)cc(OC)c1OC. The molecular formula is C26H26N4O4. The Hall–Kier alpha value is -4.07. The third-order valence-corrected chi connectivity index (χ3v) is 6.18. The van der Waals surface area contributed by atoms with Crippen molar-refractivity contribution in [2.75, 3.05) is 26.6 Å². The molecule has 0 aliphatic heterocycles. The minimum absolute atomic E-state index is 0.250. The first-order chi connectivity index (χ1) is 16.6. The van der Waals surface area contributed by atoms with Crippen LogP contribution in [0.3, 0.4) is 0 Å². The van der Waals surface area contributed by atoms with Gasteiger partial charge in [0.15, 0.2) is 11.5 Å². The summed E-state index contributed by atoms with van der Waals surface area (Å²) in [7, 11) is 4.62. The fourth-order valence-corrected chi connectivity index (χ4v) is 4.58. The lowest BCUT2D eigenvalue weighted by atomic mass is 9.92. The number of benzene rings is 2. The Morgan fingerprint density at radius 3 is 2.44 bits per heavy atom. The number of methoxy groups -OCH3 is 3. The number of pyridine rings is 1. The maximum Gasteiger partial charge on any atom is 0.255 e. The average molecular weight is 459 g/mol. The number of nitrogens with one attached hydrogen (secondary N) is 1. The molecule has 5 rings (SSSR count). The van der Waals surface area contributed by atoms with Crippen LogP contribution in [0.15, 0.2) is 49.1 Å². The van der Waals surface area contributed by atoms with Gasteiger partial charge in [-0.3, -0.25) is 9.78 Å². The van der Waals surface area contributed by atoms with Crippen LogP contribution in [-0.2, 0) is 12.8 Å². The molecule has 1 aliphatic carbocycles. The Morgan fingerprint density at radius 2 is 1.76 bits per heavy atom. The Balaban J connectivity index is 1.54. The molecule has 1 amide bonds. The molecular weight excluding hydrogens is 432 g/mol. The number of rotatable bonds is 6. The van der Waals surface area contributed by atoms with E-state index in [0.717, 1.165) is 48.0 Å². The molecule has 174 valence electrons. The summed E-state index contributed by atoms with van der Waals surface area (Å²) in [5.41, 5.74) is 5.32. The highest BCUT2D eigenvalue weighted by molar-refractivity contribution is 6.07. The first kappa shape index (κ1) is 21.8. The second-order valence-electron chi connectivity index (χ2n) is 8.16. The van der Waals surface area contributed by atoms with Crippen molar-refractivity contribution in [2.45, 2.75) is 25.7 Å². The molecule has 0 radical (unpaired) electrons. The van der Waals surface area contributed by atoms with Crippen LogP contribution in [0.1, 0.15) is 34.5 Å². The summed E-state index contributed by atoms with van der Waals surface area (Å²) in [4.78, 5) is 22.3. The van der Waals surface area contributed by atoms with Gasteiger partial charge in [-0.05, 0) is 49.4 Å². The molecule has 1 N–H and O–H groups in total. The zero-order valence-electron chi connectivity index (χ0n) is 19.4. The van der Waals surface area contributed by atoms with Gasteiger partial charge >= 0.3 is 0 Å². The van der Waals surface area contributed by atoms with Crippen molar-refractivity contribution < 1.29 is 19.0 Å². The number of ether oxygens (including phenoxy) is 3. The summed E-state index contributed by atoms with van der Waals surface area (Å²) in [6, 6.07) is 9.04. The van der Waals surface area contributed by atoms with Gasteiger partial charge in [0.1, 0.15) is 0 Å². The van der Waals surface area contributed by atoms with E-state index in [2.05, 4.69) is 10.3 Å². The number of carbonyl (C=O) groups excluding carboxylic acids is 1. The van der Waals surface area contributed by atoms with Crippen LogP contribution < -0.4 is 19.5 Å². The highest BCUT2D eigenvalue weighted by Crippen LogP contribution is 2.40. The number of aryl methyl sites for hydroxylation is 1. The summed E-state index contributed by atoms with van der Waals surface area (Å²) >= 11 is 0. The Labute approximate surface area is 197 Å². The number of imidazole rings is 1. The molecule has 1 aliphatic rings. The highest BCUT2D eigenvalue weighted by Gasteiger charge is 2.21. The zero-order chi connectivity index (χ0) is 23.7. The van der Waals surface area contributed by atoms with Gasteiger partial charge < -0.3 is 24.1 Å². The summed E-state index contributed by atoms with van der Waals surface area (Å²) in [5, 5.41) is 3.93. The number of nitrogens with zero attached hydrogens (tertiary/aromatic N) is 3. The van der Waals surface area contributed by atoms with Crippen molar-refractivity contribution in [1.29, 1.82) is 0 Å². The van der Waals surface area contributed by atoms with E-state index in [1.54, 1.807) is 18.3 Å². The molecule has 0 atom stereocenters. The van der Waals surface area contributed by atoms with Crippen molar-refractivity contribution in [2.24, 2.45) is 0 Å². The largest absolute Gasteiger partial charge is 0.493 e. The number of anilines is 1. The van der Waals surface area contributed by atoms with Gasteiger partial charge in [0, 0.05) is 46.9 Å². The molecule has 4 aromatic rings. The van der Waals surface area contributed by atoms with Crippen LogP contribution in [0.2, 0.25) is 0 Å². The standard InChI is InChI=1S/C26H26N4O4/c1-32-22-13-17(14-23(33-2)25(22)34-3)28-26(31)16-8-9-19-21(12-16)29-20-7-5-4-6-18(20)24(19)30-11-10-27-15-30/h8-15H,4-7H2,1-3H3,(H,28,31). The van der Waals surface area contributed by atoms with Gasteiger partial charge in [-0.15, -0.1) is 0 Å². The molecule has 0 spiro atoms. The zero-order valence-corrected chi connectivity index (χ0v) is 19.4. The minimum Gasteiger partial charge on any atom is -0.493 e. The second kappa shape index (κ2) is 9.05. The van der Waals surface area contributed by atoms with E-state index in [1.807, 2.05) is 35.3 Å². The molecule has 34 heavy (non-hydrogen) atoms. The van der Waals surface area contributed by atoms with E-state index in [9.17, 15) is 4.79 Å². The van der Waals surface area contributed by atoms with Crippen molar-refractivity contribution in [3.8, 4) is 22.9 Å². The predicted octanol–water partition coefficient (Wildman–Crippen LogP) is 4.58. The lowest BCUT2D eigenvalue weighted by molar-refractivity contribution is 0.102. The maximum absolute atomic E-state index is 13.1. The molecule has 2 heterocycles. The first-order valence-electron chi connectivity index (χ1n) is 11.2. The number of amides is 1. The topological polar surface area (TPSA) is 87.5 Å². The smallest absolute Gasteiger partial charge is 0.255 e. The van der Waals surface area contributed by atoms with E-state index in [0.29, 0.717) is 28.5 Å². The van der Waals surface area contributed by atoms with E-state index in [-0.39, 0.29) is 5.91 Å². The Bertz CT molecular complexity index is 1340. The monoisotopic (exact) mass is 458 g/mol. The third-order valence-electron chi connectivity index (χ3n) is 6.18. The lowest BCUT2D eigenvalue weighted by Crippen LogP contribution is -2.14. The normalized spacial score (nSPS) is 12.8. The van der Waals surface area contributed by atoms with Gasteiger partial charge in [-0.1, -0.05) is 0 Å². The Kier molecular flexibility index (Phi) is 5.79. The minimum atomic E-state index is -0.250. The van der Waals surface area contributed by atoms with Crippen molar-refractivity contribution in [3.63, 3.8) is 0 Å². The first-order valence-corrected chi connectivity index (χ1v) is 11.2. The maximum atomic E-state index is 13.1. The van der Waals surface area contributed by atoms with Gasteiger partial charge in [0.2, 0.25) is 5.75 Å². The van der Waals surface area contributed by atoms with Crippen molar-refractivity contribution in [3.05, 3.63) is 65.9 Å². The van der Waals surface area contributed by atoms with E-state index < -0.39 is 0 Å². The van der Waals surface area contributed by atoms with Gasteiger partial charge in [-0.25, -0.2) is 4.98 Å². The average Bonchev–Trinajstić information content (AvgIpc) is 3.40. The highest BCUT2D eigenvalue weighted by atomic mass is 16.5. The number of carbonyl (C=O) groups is 1. The molecule has 8 nitrogen and oxygen atoms in total. The van der Waals surface area contributed by atoms with E-state index in [1.165, 1.54) is 26.9 Å². The molecule has 2 aromatic carbocycles. The van der Waals surface area contributed by atoms with E-state index >= 15 is 0 Å². The molecule has 0 unspecified atom stereocenters. The molecule has 0 saturated heterocycles. The molecule has 0 bridgehead atoms. The quantitative estimate of drug-likeness (QED) is 0.455. The number of fused-ring (bicyclic) bond motifs is 2. The fraction of sp³-hybridized carbons (Fsp3) is 0.269. The van der Waals surface area contributed by atoms with Crippen molar-refractivity contribution in [1.82, 2.24) is 14.5 Å². The van der Waals surface area contributed by atoms with Crippen LogP contribution in [0.4, 0.5) is 5.69 Å². The van der Waals surface area contributed by atoms with E-state index in [4.69, 9.17) is 19.2 Å². The van der Waals surface area contributed by atoms with Crippen LogP contribution in [-0.4, -0.2) is 41.8 Å². The van der Waals surface area contributed by atoms with Crippen LogP contribution in [0.5, 0.6) is 17.2 Å². The summed E-state index contributed by atoms with van der Waals surface area (Å²) in [6.07, 6.45) is 9.75. The lowest BCUT2D eigenvalue weighted by Gasteiger charge is -2.21.